The number of carbonyl (C=O) groups is 2. The van der Waals surface area contributed by atoms with Gasteiger partial charge in [0.15, 0.2) is 0 Å². The van der Waals surface area contributed by atoms with Crippen molar-refractivity contribution in [1.82, 2.24) is 10.2 Å². The van der Waals surface area contributed by atoms with Gasteiger partial charge in [-0.3, -0.25) is 9.59 Å². The van der Waals surface area contributed by atoms with Gasteiger partial charge in [-0.1, -0.05) is 24.6 Å². The number of fused-ring (bicyclic) bond motifs is 1. The summed E-state index contributed by atoms with van der Waals surface area (Å²) in [6.07, 6.45) is 4.20. The number of hydrogen-bond donors (Lipinski definition) is 2. The minimum Gasteiger partial charge on any atom is -0.393 e. The summed E-state index contributed by atoms with van der Waals surface area (Å²) in [5.41, 5.74) is 2.35. The molecule has 5 nitrogen and oxygen atoms in total. The molecule has 3 heterocycles. The maximum Gasteiger partial charge on any atom is 0.234 e. The van der Waals surface area contributed by atoms with Gasteiger partial charge in [-0.15, -0.1) is 23.1 Å². The zero-order valence-electron chi connectivity index (χ0n) is 17.9. The number of rotatable bonds is 6. The van der Waals surface area contributed by atoms with Gasteiger partial charge in [0.1, 0.15) is 0 Å². The van der Waals surface area contributed by atoms with Gasteiger partial charge in [0.05, 0.1) is 24.0 Å². The molecule has 7 heteroatoms. The third-order valence-electron chi connectivity index (χ3n) is 6.65. The molecule has 0 radical (unpaired) electrons. The summed E-state index contributed by atoms with van der Waals surface area (Å²) in [7, 11) is 1.70. The van der Waals surface area contributed by atoms with E-state index in [0.29, 0.717) is 5.25 Å². The first kappa shape index (κ1) is 21.7. The van der Waals surface area contributed by atoms with Gasteiger partial charge in [0.2, 0.25) is 11.8 Å². The molecule has 1 aromatic heterocycles. The molecule has 1 aromatic rings. The van der Waals surface area contributed by atoms with Crippen LogP contribution in [-0.2, 0) is 16.0 Å². The molecule has 0 bridgehead atoms. The quantitative estimate of drug-likeness (QED) is 0.518. The van der Waals surface area contributed by atoms with E-state index >= 15 is 0 Å². The molecule has 2 amide bonds. The van der Waals surface area contributed by atoms with Crippen LogP contribution in [0.15, 0.2) is 39.8 Å². The lowest BCUT2D eigenvalue weighted by atomic mass is 9.79. The molecule has 2 aliphatic heterocycles. The summed E-state index contributed by atoms with van der Waals surface area (Å²) in [6, 6.07) is 4.29. The van der Waals surface area contributed by atoms with Crippen LogP contribution in [-0.4, -0.2) is 46.3 Å². The minimum absolute atomic E-state index is 0.0418. The lowest BCUT2D eigenvalue weighted by Crippen LogP contribution is -2.62. The Morgan fingerprint density at radius 2 is 2.23 bits per heavy atom. The van der Waals surface area contributed by atoms with E-state index in [2.05, 4.69) is 35.8 Å². The van der Waals surface area contributed by atoms with Crippen LogP contribution in [0.3, 0.4) is 0 Å². The van der Waals surface area contributed by atoms with Gasteiger partial charge >= 0.3 is 0 Å². The maximum atomic E-state index is 12.6. The zero-order valence-corrected chi connectivity index (χ0v) is 19.6. The number of allylic oxidation sites excluding steroid dienone is 2. The highest BCUT2D eigenvalue weighted by atomic mass is 32.2. The van der Waals surface area contributed by atoms with Gasteiger partial charge in [-0.05, 0) is 38.1 Å². The SMILES string of the molecule is CNC(=O)C1C=C(Cc2cccs2)CC(SC2=C(C)N3C(=O)C(C(C)O)C3C2C)C1. The normalized spacial score (nSPS) is 31.9. The molecule has 1 saturated heterocycles. The Balaban J connectivity index is 1.52. The molecule has 162 valence electrons. The smallest absolute Gasteiger partial charge is 0.234 e. The van der Waals surface area contributed by atoms with E-state index in [4.69, 9.17) is 0 Å². The predicted octanol–water partition coefficient (Wildman–Crippen LogP) is 3.56. The fourth-order valence-electron chi connectivity index (χ4n) is 5.23. The Bertz CT molecular complexity index is 890. The summed E-state index contributed by atoms with van der Waals surface area (Å²) in [5, 5.41) is 15.3. The van der Waals surface area contributed by atoms with E-state index in [1.807, 2.05) is 23.6 Å². The Kier molecular flexibility index (Phi) is 6.15. The molecule has 6 atom stereocenters. The van der Waals surface area contributed by atoms with E-state index in [1.54, 1.807) is 25.3 Å². The zero-order chi connectivity index (χ0) is 21.6. The van der Waals surface area contributed by atoms with Crippen LogP contribution in [0.5, 0.6) is 0 Å². The Morgan fingerprint density at radius 1 is 1.47 bits per heavy atom. The lowest BCUT2D eigenvalue weighted by Gasteiger charge is -2.46. The van der Waals surface area contributed by atoms with Crippen molar-refractivity contribution in [2.24, 2.45) is 17.8 Å². The summed E-state index contributed by atoms with van der Waals surface area (Å²) in [4.78, 5) is 29.4. The first-order valence-electron chi connectivity index (χ1n) is 10.6. The maximum absolute atomic E-state index is 12.6. The number of β-lactam (4-membered cyclic amide) rings is 1. The first-order chi connectivity index (χ1) is 14.3. The Hall–Kier alpha value is -1.57. The fraction of sp³-hybridized carbons (Fsp3) is 0.565. The summed E-state index contributed by atoms with van der Waals surface area (Å²) >= 11 is 3.60. The van der Waals surface area contributed by atoms with E-state index in [1.165, 1.54) is 15.4 Å². The highest BCUT2D eigenvalue weighted by Crippen LogP contribution is 2.52. The second-order valence-corrected chi connectivity index (χ2v) is 11.1. The van der Waals surface area contributed by atoms with Crippen LogP contribution in [0.25, 0.3) is 0 Å². The largest absolute Gasteiger partial charge is 0.393 e. The number of aliphatic hydroxyl groups is 1. The van der Waals surface area contributed by atoms with Gasteiger partial charge in [-0.2, -0.15) is 0 Å². The van der Waals surface area contributed by atoms with Crippen LogP contribution in [0.2, 0.25) is 0 Å². The highest BCUT2D eigenvalue weighted by Gasteiger charge is 2.57. The molecule has 4 rings (SSSR count). The molecule has 30 heavy (non-hydrogen) atoms. The van der Waals surface area contributed by atoms with E-state index < -0.39 is 6.10 Å². The highest BCUT2D eigenvalue weighted by molar-refractivity contribution is 8.03. The molecule has 0 aromatic carbocycles. The fourth-order valence-corrected chi connectivity index (χ4v) is 7.57. The van der Waals surface area contributed by atoms with Crippen molar-refractivity contribution in [3.05, 3.63) is 44.6 Å². The topological polar surface area (TPSA) is 69.6 Å². The third-order valence-corrected chi connectivity index (χ3v) is 9.14. The lowest BCUT2D eigenvalue weighted by molar-refractivity contribution is -0.159. The van der Waals surface area contributed by atoms with Crippen LogP contribution in [0.4, 0.5) is 0 Å². The second-order valence-electron chi connectivity index (χ2n) is 8.69. The van der Waals surface area contributed by atoms with Crippen molar-refractivity contribution >= 4 is 34.9 Å². The molecule has 0 saturated carbocycles. The average Bonchev–Trinajstić information content (AvgIpc) is 3.27. The summed E-state index contributed by atoms with van der Waals surface area (Å²) in [5.74, 6) is -0.0788. The van der Waals surface area contributed by atoms with E-state index in [9.17, 15) is 14.7 Å². The number of nitrogens with one attached hydrogen (secondary N) is 1. The molecular weight excluding hydrogens is 416 g/mol. The number of amides is 2. The molecule has 6 unspecified atom stereocenters. The van der Waals surface area contributed by atoms with Gasteiger partial charge in [0.25, 0.3) is 0 Å². The number of hydrogen-bond acceptors (Lipinski definition) is 5. The molecule has 0 spiro atoms. The van der Waals surface area contributed by atoms with Crippen LogP contribution < -0.4 is 5.32 Å². The van der Waals surface area contributed by atoms with Gasteiger partial charge < -0.3 is 15.3 Å². The van der Waals surface area contributed by atoms with E-state index in [0.717, 1.165) is 25.0 Å². The van der Waals surface area contributed by atoms with E-state index in [-0.39, 0.29) is 35.6 Å². The third kappa shape index (κ3) is 3.76. The number of aliphatic hydroxyl groups excluding tert-OH is 1. The first-order valence-corrected chi connectivity index (χ1v) is 12.4. The monoisotopic (exact) mass is 446 g/mol. The van der Waals surface area contributed by atoms with Crippen LogP contribution in [0, 0.1) is 17.8 Å². The standard InChI is InChI=1S/C23H30N2O3S2/c1-12-20-19(14(3)26)23(28)25(20)13(2)21(12)30-18-10-15(9-17-6-5-7-29-17)8-16(11-18)22(27)24-4/h5-8,12,14,16,18-20,26H,9-11H2,1-4H3,(H,24,27). The van der Waals surface area contributed by atoms with Gasteiger partial charge in [-0.25, -0.2) is 0 Å². The number of thiophene rings is 1. The molecular formula is C23H30N2O3S2. The average molecular weight is 447 g/mol. The van der Waals surface area contributed by atoms with Crippen molar-refractivity contribution < 1.29 is 14.7 Å². The van der Waals surface area contributed by atoms with Crippen molar-refractivity contribution in [2.45, 2.75) is 57.4 Å². The summed E-state index contributed by atoms with van der Waals surface area (Å²) < 4.78 is 0. The molecule has 1 aliphatic carbocycles. The molecule has 1 fully saturated rings. The second kappa shape index (κ2) is 8.52. The Morgan fingerprint density at radius 3 is 2.87 bits per heavy atom. The summed E-state index contributed by atoms with van der Waals surface area (Å²) in [6.45, 7) is 5.90. The van der Waals surface area contributed by atoms with Crippen LogP contribution in [0.1, 0.15) is 38.5 Å². The number of nitrogens with zero attached hydrogens (tertiary/aromatic N) is 1. The molecule has 3 aliphatic rings. The van der Waals surface area contributed by atoms with Crippen LogP contribution >= 0.6 is 23.1 Å². The number of carbonyl (C=O) groups excluding carboxylic acids is 2. The Labute approximate surface area is 186 Å². The predicted molar refractivity (Wildman–Crippen MR) is 122 cm³/mol. The number of thioether (sulfide) groups is 1. The van der Waals surface area contributed by atoms with Gasteiger partial charge in [0, 0.05) is 40.1 Å². The van der Waals surface area contributed by atoms with Crippen molar-refractivity contribution in [3.8, 4) is 0 Å². The minimum atomic E-state index is -0.619. The van der Waals surface area contributed by atoms with Crippen molar-refractivity contribution in [2.75, 3.05) is 7.05 Å². The van der Waals surface area contributed by atoms with Crippen molar-refractivity contribution in [3.63, 3.8) is 0 Å². The molecule has 2 N–H and O–H groups in total. The van der Waals surface area contributed by atoms with Crippen molar-refractivity contribution in [1.29, 1.82) is 0 Å².